The van der Waals surface area contributed by atoms with Gasteiger partial charge in [0.2, 0.25) is 0 Å². The van der Waals surface area contributed by atoms with Gasteiger partial charge in [-0.2, -0.15) is 0 Å². The fourth-order valence-corrected chi connectivity index (χ4v) is 1.44. The molecule has 1 rings (SSSR count). The predicted octanol–water partition coefficient (Wildman–Crippen LogP) is 4.15. The van der Waals surface area contributed by atoms with Crippen LogP contribution in [0.1, 0.15) is 64.7 Å². The molecular formula is C13H22. The predicted molar refractivity (Wildman–Crippen MR) is 58.5 cm³/mol. The van der Waals surface area contributed by atoms with E-state index in [2.05, 4.69) is 18.8 Å². The van der Waals surface area contributed by atoms with Gasteiger partial charge >= 0.3 is 0 Å². The van der Waals surface area contributed by atoms with Crippen LogP contribution in [0.2, 0.25) is 0 Å². The van der Waals surface area contributed by atoms with E-state index in [0.29, 0.717) is 0 Å². The van der Waals surface area contributed by atoms with Crippen LogP contribution in [0.3, 0.4) is 0 Å². The van der Waals surface area contributed by atoms with Crippen molar-refractivity contribution < 1.29 is 0 Å². The average Bonchev–Trinajstić information content (AvgIpc) is 2.93. The minimum Gasteiger partial charge on any atom is -0.103 e. The van der Waals surface area contributed by atoms with E-state index < -0.39 is 0 Å². The molecule has 0 amide bonds. The van der Waals surface area contributed by atoms with Crippen molar-refractivity contribution in [1.82, 2.24) is 0 Å². The van der Waals surface area contributed by atoms with Gasteiger partial charge in [-0.25, -0.2) is 0 Å². The first-order chi connectivity index (χ1) is 6.43. The van der Waals surface area contributed by atoms with E-state index in [1.165, 1.54) is 51.4 Å². The normalized spacial score (nSPS) is 15.2. The summed E-state index contributed by atoms with van der Waals surface area (Å²) in [7, 11) is 0. The summed E-state index contributed by atoms with van der Waals surface area (Å²) in [4.78, 5) is 0. The topological polar surface area (TPSA) is 0 Å². The third kappa shape index (κ3) is 6.70. The van der Waals surface area contributed by atoms with E-state index in [1.54, 1.807) is 0 Å². The van der Waals surface area contributed by atoms with E-state index in [4.69, 9.17) is 0 Å². The van der Waals surface area contributed by atoms with Crippen molar-refractivity contribution in [1.29, 1.82) is 0 Å². The third-order valence-corrected chi connectivity index (χ3v) is 2.54. The molecule has 0 heteroatoms. The molecule has 0 aliphatic heterocycles. The van der Waals surface area contributed by atoms with Gasteiger partial charge < -0.3 is 0 Å². The second-order valence-electron chi connectivity index (χ2n) is 4.11. The maximum Gasteiger partial charge on any atom is 0.0203 e. The van der Waals surface area contributed by atoms with Crippen molar-refractivity contribution >= 4 is 0 Å². The summed E-state index contributed by atoms with van der Waals surface area (Å²) in [5, 5.41) is 0. The van der Waals surface area contributed by atoms with Crippen molar-refractivity contribution in [2.45, 2.75) is 64.7 Å². The quantitative estimate of drug-likeness (QED) is 0.423. The molecular weight excluding hydrogens is 156 g/mol. The first kappa shape index (κ1) is 10.6. The van der Waals surface area contributed by atoms with Crippen LogP contribution in [-0.2, 0) is 0 Å². The van der Waals surface area contributed by atoms with Crippen molar-refractivity contribution in [3.8, 4) is 11.8 Å². The Hall–Kier alpha value is -0.440. The van der Waals surface area contributed by atoms with Crippen LogP contribution in [0.5, 0.6) is 0 Å². The van der Waals surface area contributed by atoms with Crippen LogP contribution in [0, 0.1) is 17.8 Å². The van der Waals surface area contributed by atoms with Gasteiger partial charge in [0.05, 0.1) is 0 Å². The lowest BCUT2D eigenvalue weighted by Gasteiger charge is -1.96. The van der Waals surface area contributed by atoms with Gasteiger partial charge in [-0.1, -0.05) is 44.9 Å². The Morgan fingerprint density at radius 1 is 1.00 bits per heavy atom. The van der Waals surface area contributed by atoms with Gasteiger partial charge in [0.15, 0.2) is 0 Å². The summed E-state index contributed by atoms with van der Waals surface area (Å²) in [6.07, 6.45) is 12.2. The van der Waals surface area contributed by atoms with Crippen molar-refractivity contribution in [2.75, 3.05) is 0 Å². The van der Waals surface area contributed by atoms with Crippen LogP contribution >= 0.6 is 0 Å². The lowest BCUT2D eigenvalue weighted by Crippen LogP contribution is -1.77. The molecule has 0 spiro atoms. The Morgan fingerprint density at radius 3 is 2.38 bits per heavy atom. The molecule has 0 nitrogen and oxygen atoms in total. The lowest BCUT2D eigenvalue weighted by atomic mass is 10.1. The van der Waals surface area contributed by atoms with Gasteiger partial charge in [0.1, 0.15) is 0 Å². The molecule has 74 valence electrons. The number of hydrogen-bond donors (Lipinski definition) is 0. The highest BCUT2D eigenvalue weighted by molar-refractivity contribution is 5.08. The minimum absolute atomic E-state index is 0.792. The highest BCUT2D eigenvalue weighted by Crippen LogP contribution is 2.27. The molecule has 1 aliphatic carbocycles. The smallest absolute Gasteiger partial charge is 0.0203 e. The second kappa shape index (κ2) is 7.01. The summed E-state index contributed by atoms with van der Waals surface area (Å²) >= 11 is 0. The zero-order valence-electron chi connectivity index (χ0n) is 8.94. The molecule has 0 bridgehead atoms. The fraction of sp³-hybridized carbons (Fsp3) is 0.846. The first-order valence-corrected chi connectivity index (χ1v) is 5.92. The molecule has 0 atom stereocenters. The molecule has 0 saturated heterocycles. The zero-order valence-corrected chi connectivity index (χ0v) is 8.94. The molecule has 0 heterocycles. The van der Waals surface area contributed by atoms with Crippen LogP contribution in [0.15, 0.2) is 0 Å². The maximum absolute atomic E-state index is 3.31. The molecule has 0 unspecified atom stereocenters. The largest absolute Gasteiger partial charge is 0.103 e. The molecule has 1 fully saturated rings. The van der Waals surface area contributed by atoms with Crippen molar-refractivity contribution in [3.63, 3.8) is 0 Å². The monoisotopic (exact) mass is 178 g/mol. The lowest BCUT2D eigenvalue weighted by molar-refractivity contribution is 0.614. The van der Waals surface area contributed by atoms with Crippen LogP contribution in [-0.4, -0.2) is 0 Å². The molecule has 0 radical (unpaired) electrons. The standard InChI is InChI=1S/C13H22/c1-2-3-4-5-6-7-8-9-10-13-11-12-13/h13H,2-8,11-12H2,1H3. The molecule has 13 heavy (non-hydrogen) atoms. The Balaban J connectivity index is 1.76. The van der Waals surface area contributed by atoms with E-state index in [-0.39, 0.29) is 0 Å². The summed E-state index contributed by atoms with van der Waals surface area (Å²) in [5.74, 6) is 7.39. The summed E-state index contributed by atoms with van der Waals surface area (Å²) in [6.45, 7) is 2.26. The number of hydrogen-bond acceptors (Lipinski definition) is 0. The molecule has 0 aromatic carbocycles. The Labute approximate surface area is 83.1 Å². The van der Waals surface area contributed by atoms with Crippen LogP contribution in [0.25, 0.3) is 0 Å². The zero-order chi connectivity index (χ0) is 9.36. The molecule has 0 aromatic heterocycles. The van der Waals surface area contributed by atoms with Gasteiger partial charge in [-0.15, -0.1) is 5.92 Å². The van der Waals surface area contributed by atoms with Gasteiger partial charge in [-0.3, -0.25) is 0 Å². The fourth-order valence-electron chi connectivity index (χ4n) is 1.44. The summed E-state index contributed by atoms with van der Waals surface area (Å²) < 4.78 is 0. The Kier molecular flexibility index (Phi) is 5.74. The van der Waals surface area contributed by atoms with Crippen LogP contribution < -0.4 is 0 Å². The molecule has 0 N–H and O–H groups in total. The maximum atomic E-state index is 3.31. The first-order valence-electron chi connectivity index (χ1n) is 5.92. The van der Waals surface area contributed by atoms with E-state index in [0.717, 1.165) is 12.3 Å². The summed E-state index contributed by atoms with van der Waals surface area (Å²) in [5.41, 5.74) is 0. The number of rotatable bonds is 6. The highest BCUT2D eigenvalue weighted by atomic mass is 14.2. The van der Waals surface area contributed by atoms with Gasteiger partial charge in [-0.05, 0) is 19.3 Å². The highest BCUT2D eigenvalue weighted by Gasteiger charge is 2.17. The Bertz CT molecular complexity index is 166. The number of unbranched alkanes of at least 4 members (excludes halogenated alkanes) is 6. The third-order valence-electron chi connectivity index (χ3n) is 2.54. The van der Waals surface area contributed by atoms with Crippen LogP contribution in [0.4, 0.5) is 0 Å². The van der Waals surface area contributed by atoms with Crippen molar-refractivity contribution in [3.05, 3.63) is 0 Å². The van der Waals surface area contributed by atoms with E-state index in [1.807, 2.05) is 0 Å². The molecule has 1 aliphatic rings. The second-order valence-corrected chi connectivity index (χ2v) is 4.11. The average molecular weight is 178 g/mol. The molecule has 1 saturated carbocycles. The summed E-state index contributed by atoms with van der Waals surface area (Å²) in [6, 6.07) is 0. The Morgan fingerprint density at radius 2 is 1.69 bits per heavy atom. The molecule has 0 aromatic rings. The minimum atomic E-state index is 0.792. The van der Waals surface area contributed by atoms with Gasteiger partial charge in [0.25, 0.3) is 0 Å². The van der Waals surface area contributed by atoms with E-state index >= 15 is 0 Å². The van der Waals surface area contributed by atoms with Crippen molar-refractivity contribution in [2.24, 2.45) is 5.92 Å². The van der Waals surface area contributed by atoms with E-state index in [9.17, 15) is 0 Å². The SMILES string of the molecule is CCCCCCCCC#CC1CC1. The van der Waals surface area contributed by atoms with Gasteiger partial charge in [0, 0.05) is 12.3 Å².